The third kappa shape index (κ3) is 6.07. The molecule has 0 saturated carbocycles. The van der Waals surface area contributed by atoms with Crippen molar-refractivity contribution in [2.45, 2.75) is 52.7 Å². The number of carbonyl (C=O) groups is 1. The second-order valence-electron chi connectivity index (χ2n) is 9.07. The Morgan fingerprint density at radius 1 is 1.03 bits per heavy atom. The number of hydrogen-bond acceptors (Lipinski definition) is 5. The molecule has 0 aliphatic carbocycles. The number of fused-ring (bicyclic) bond motifs is 1. The Labute approximate surface area is 202 Å². The van der Waals surface area contributed by atoms with Crippen molar-refractivity contribution in [3.05, 3.63) is 46.7 Å². The average Bonchev–Trinajstić information content (AvgIpc) is 3.20. The van der Waals surface area contributed by atoms with Crippen molar-refractivity contribution < 1.29 is 13.2 Å². The van der Waals surface area contributed by atoms with Crippen LogP contribution in [0.4, 0.5) is 5.69 Å². The number of anilines is 1. The number of aromatic nitrogens is 2. The van der Waals surface area contributed by atoms with Crippen LogP contribution in [-0.2, 0) is 16.6 Å². The summed E-state index contributed by atoms with van der Waals surface area (Å²) in [5.41, 5.74) is 1.79. The molecule has 1 aromatic heterocycles. The van der Waals surface area contributed by atoms with Crippen molar-refractivity contribution in [1.82, 2.24) is 19.6 Å². The predicted molar refractivity (Wildman–Crippen MR) is 132 cm³/mol. The van der Waals surface area contributed by atoms with Crippen molar-refractivity contribution in [1.29, 1.82) is 0 Å². The van der Waals surface area contributed by atoms with Crippen molar-refractivity contribution >= 4 is 33.2 Å². The minimum Gasteiger partial charge on any atom is -0.332 e. The molecule has 3 rings (SSSR count). The molecule has 0 fully saturated rings. The third-order valence-corrected chi connectivity index (χ3v) is 7.35. The summed E-state index contributed by atoms with van der Waals surface area (Å²) in [6.07, 6.45) is 3.52. The van der Waals surface area contributed by atoms with Gasteiger partial charge in [0.1, 0.15) is 5.69 Å². The van der Waals surface area contributed by atoms with Crippen LogP contribution in [0.1, 0.15) is 56.2 Å². The highest BCUT2D eigenvalue weighted by molar-refractivity contribution is 7.92. The fraction of sp³-hybridized carbons (Fsp3) is 0.565. The van der Waals surface area contributed by atoms with E-state index in [1.54, 1.807) is 34.0 Å². The maximum Gasteiger partial charge on any atom is 0.272 e. The number of hydrogen-bond donors (Lipinski definition) is 0. The molecular weight excluding hydrogens is 462 g/mol. The molecule has 0 radical (unpaired) electrons. The Kier molecular flexibility index (Phi) is 8.08. The van der Waals surface area contributed by atoms with E-state index in [0.717, 1.165) is 12.1 Å². The maximum atomic E-state index is 13.7. The molecule has 8 nitrogen and oxygen atoms in total. The number of rotatable bonds is 4. The van der Waals surface area contributed by atoms with E-state index in [0.29, 0.717) is 42.5 Å². The zero-order valence-corrected chi connectivity index (χ0v) is 21.6. The number of benzene rings is 1. The van der Waals surface area contributed by atoms with Gasteiger partial charge >= 0.3 is 0 Å². The number of halogens is 1. The predicted octanol–water partition coefficient (Wildman–Crippen LogP) is 3.64. The number of carbonyl (C=O) groups excluding carboxylic acids is 1. The van der Waals surface area contributed by atoms with Crippen LogP contribution < -0.4 is 4.31 Å². The maximum absolute atomic E-state index is 13.7. The van der Waals surface area contributed by atoms with Crippen LogP contribution in [0.2, 0.25) is 5.02 Å². The van der Waals surface area contributed by atoms with Crippen molar-refractivity contribution in [2.75, 3.05) is 36.7 Å². The molecule has 33 heavy (non-hydrogen) atoms. The van der Waals surface area contributed by atoms with Gasteiger partial charge in [0.25, 0.3) is 5.91 Å². The molecule has 1 aliphatic rings. The molecule has 0 unspecified atom stereocenters. The molecule has 1 amide bonds. The Balaban J connectivity index is 2.08. The van der Waals surface area contributed by atoms with E-state index in [-0.39, 0.29) is 24.5 Å². The van der Waals surface area contributed by atoms with Gasteiger partial charge in [-0.15, -0.1) is 0 Å². The number of sulfonamides is 1. The summed E-state index contributed by atoms with van der Waals surface area (Å²) < 4.78 is 28.6. The van der Waals surface area contributed by atoms with E-state index in [2.05, 4.69) is 23.8 Å². The lowest BCUT2D eigenvalue weighted by atomic mass is 10.1. The van der Waals surface area contributed by atoms with E-state index < -0.39 is 10.0 Å². The summed E-state index contributed by atoms with van der Waals surface area (Å²) in [7, 11) is -3.53. The normalized spacial score (nSPS) is 16.7. The highest BCUT2D eigenvalue weighted by atomic mass is 35.5. The lowest BCUT2D eigenvalue weighted by molar-refractivity contribution is 0.0697. The quantitative estimate of drug-likeness (QED) is 0.647. The minimum atomic E-state index is -3.53. The van der Waals surface area contributed by atoms with Crippen LogP contribution in [0.25, 0.3) is 0 Å². The summed E-state index contributed by atoms with van der Waals surface area (Å²) in [5, 5.41) is 4.77. The second-order valence-corrected chi connectivity index (χ2v) is 11.4. The average molecular weight is 496 g/mol. The summed E-state index contributed by atoms with van der Waals surface area (Å²) in [6, 6.07) is 7.28. The zero-order valence-electron chi connectivity index (χ0n) is 20.0. The standard InChI is InChI=1S/C23H34ClN5O3S/c1-17(2)26-11-6-12-28(33(5,31)32)22-15-20(24)8-7-19(22)16-27(14-13-26)23(30)21-9-10-25-29(21)18(3)4/h7-10,15,17-18H,6,11-14,16H2,1-5H3. The summed E-state index contributed by atoms with van der Waals surface area (Å²) >= 11 is 6.27. The topological polar surface area (TPSA) is 78.8 Å². The smallest absolute Gasteiger partial charge is 0.272 e. The molecule has 2 heterocycles. The number of nitrogens with zero attached hydrogens (tertiary/aromatic N) is 5. The first kappa shape index (κ1) is 25.5. The first-order chi connectivity index (χ1) is 15.5. The van der Waals surface area contributed by atoms with Crippen LogP contribution in [0.3, 0.4) is 0 Å². The molecule has 0 atom stereocenters. The lowest BCUT2D eigenvalue weighted by Gasteiger charge is -2.30. The molecule has 1 aliphatic heterocycles. The second kappa shape index (κ2) is 10.4. The lowest BCUT2D eigenvalue weighted by Crippen LogP contribution is -2.42. The van der Waals surface area contributed by atoms with Crippen LogP contribution in [0.15, 0.2) is 30.5 Å². The van der Waals surface area contributed by atoms with Gasteiger partial charge in [0.05, 0.1) is 11.9 Å². The van der Waals surface area contributed by atoms with E-state index in [1.165, 1.54) is 10.6 Å². The van der Waals surface area contributed by atoms with Crippen LogP contribution in [0, 0.1) is 0 Å². The molecular formula is C23H34ClN5O3S. The molecule has 2 aromatic rings. The highest BCUT2D eigenvalue weighted by Gasteiger charge is 2.27. The number of amides is 1. The van der Waals surface area contributed by atoms with Gasteiger partial charge in [-0.3, -0.25) is 18.7 Å². The molecule has 0 N–H and O–H groups in total. The van der Waals surface area contributed by atoms with Gasteiger partial charge in [-0.2, -0.15) is 5.10 Å². The van der Waals surface area contributed by atoms with Gasteiger partial charge in [-0.1, -0.05) is 17.7 Å². The van der Waals surface area contributed by atoms with Gasteiger partial charge in [0, 0.05) is 56.0 Å². The fourth-order valence-corrected chi connectivity index (χ4v) is 5.33. The van der Waals surface area contributed by atoms with Gasteiger partial charge in [0.15, 0.2) is 0 Å². The molecule has 0 spiro atoms. The first-order valence-corrected chi connectivity index (χ1v) is 13.5. The third-order valence-electron chi connectivity index (χ3n) is 5.94. The van der Waals surface area contributed by atoms with E-state index in [9.17, 15) is 13.2 Å². The van der Waals surface area contributed by atoms with E-state index >= 15 is 0 Å². The van der Waals surface area contributed by atoms with Crippen molar-refractivity contribution in [3.8, 4) is 0 Å². The SMILES string of the molecule is CC(C)N1CCCN(S(C)(=O)=O)c2cc(Cl)ccc2CN(C(=O)c2ccnn2C(C)C)CC1. The van der Waals surface area contributed by atoms with E-state index in [4.69, 9.17) is 11.6 Å². The van der Waals surface area contributed by atoms with Gasteiger partial charge < -0.3 is 4.90 Å². The van der Waals surface area contributed by atoms with Crippen LogP contribution in [0.5, 0.6) is 0 Å². The van der Waals surface area contributed by atoms with Crippen molar-refractivity contribution in [2.24, 2.45) is 0 Å². The molecule has 10 heteroatoms. The molecule has 0 bridgehead atoms. The molecule has 1 aromatic carbocycles. The minimum absolute atomic E-state index is 0.0434. The van der Waals surface area contributed by atoms with Crippen molar-refractivity contribution in [3.63, 3.8) is 0 Å². The summed E-state index contributed by atoms with van der Waals surface area (Å²) in [5.74, 6) is -0.129. The molecule has 0 saturated heterocycles. The Morgan fingerprint density at radius 3 is 2.39 bits per heavy atom. The van der Waals surface area contributed by atoms with Gasteiger partial charge in [0.2, 0.25) is 10.0 Å². The van der Waals surface area contributed by atoms with E-state index in [1.807, 2.05) is 19.9 Å². The first-order valence-electron chi connectivity index (χ1n) is 11.3. The van der Waals surface area contributed by atoms with Crippen LogP contribution >= 0.6 is 11.6 Å². The Bertz CT molecular complexity index is 1080. The van der Waals surface area contributed by atoms with Crippen LogP contribution in [-0.4, -0.2) is 72.4 Å². The zero-order chi connectivity index (χ0) is 24.3. The van der Waals surface area contributed by atoms with Gasteiger partial charge in [-0.25, -0.2) is 8.42 Å². The highest BCUT2D eigenvalue weighted by Crippen LogP contribution is 2.29. The largest absolute Gasteiger partial charge is 0.332 e. The summed E-state index contributed by atoms with van der Waals surface area (Å²) in [4.78, 5) is 17.7. The summed E-state index contributed by atoms with van der Waals surface area (Å²) in [6.45, 7) is 10.8. The molecule has 182 valence electrons. The fourth-order valence-electron chi connectivity index (χ4n) is 4.18. The Hall–Kier alpha value is -2.10. The Morgan fingerprint density at radius 2 is 1.76 bits per heavy atom. The monoisotopic (exact) mass is 495 g/mol. The van der Waals surface area contributed by atoms with Gasteiger partial charge in [-0.05, 0) is 57.9 Å².